The molecule has 0 heterocycles. The molecule has 1 fully saturated rings. The van der Waals surface area contributed by atoms with E-state index in [0.29, 0.717) is 12.0 Å². The van der Waals surface area contributed by atoms with Crippen LogP contribution in [-0.4, -0.2) is 17.0 Å². The third-order valence-corrected chi connectivity index (χ3v) is 4.42. The van der Waals surface area contributed by atoms with Crippen molar-refractivity contribution in [1.29, 1.82) is 0 Å². The number of hydrogen-bond acceptors (Lipinski definition) is 2. The lowest BCUT2D eigenvalue weighted by Gasteiger charge is -2.32. The topological polar surface area (TPSA) is 37.3 Å². The lowest BCUT2D eigenvalue weighted by molar-refractivity contribution is -0.123. The Morgan fingerprint density at radius 2 is 2.17 bits per heavy atom. The second kappa shape index (κ2) is 3.75. The number of allylic oxidation sites excluding steroid dienone is 2. The predicted octanol–water partition coefficient (Wildman–Crippen LogP) is 2.36. The van der Waals surface area contributed by atoms with Gasteiger partial charge in [-0.3, -0.25) is 4.79 Å². The summed E-state index contributed by atoms with van der Waals surface area (Å²) in [5.41, 5.74) is 0.669. The molecule has 0 unspecified atom stereocenters. The highest BCUT2D eigenvalue weighted by Gasteiger charge is 2.58. The number of rotatable bonds is 1. The van der Waals surface area contributed by atoms with Gasteiger partial charge in [0.05, 0.1) is 11.5 Å². The van der Waals surface area contributed by atoms with Crippen LogP contribution in [0.2, 0.25) is 0 Å². The van der Waals surface area contributed by atoms with Crippen molar-refractivity contribution in [2.45, 2.75) is 31.3 Å². The second-order valence-corrected chi connectivity index (χ2v) is 5.28. The maximum absolute atomic E-state index is 13.4. The van der Waals surface area contributed by atoms with Gasteiger partial charge in [0.2, 0.25) is 0 Å². The molecule has 3 heteroatoms. The predicted molar refractivity (Wildman–Crippen MR) is 65.6 cm³/mol. The van der Waals surface area contributed by atoms with Crippen molar-refractivity contribution >= 4 is 5.78 Å². The molecule has 1 N–H and O–H groups in total. The van der Waals surface area contributed by atoms with Crippen molar-refractivity contribution in [3.05, 3.63) is 47.3 Å². The van der Waals surface area contributed by atoms with Gasteiger partial charge < -0.3 is 5.11 Å². The molecule has 0 aliphatic heterocycles. The number of halogens is 1. The Balaban J connectivity index is 2.20. The molecule has 0 radical (unpaired) electrons. The molecule has 2 nitrogen and oxygen atoms in total. The first-order valence-electron chi connectivity index (χ1n) is 6.23. The van der Waals surface area contributed by atoms with Gasteiger partial charge in [-0.25, -0.2) is 4.39 Å². The minimum atomic E-state index is -0.938. The quantitative estimate of drug-likeness (QED) is 0.826. The summed E-state index contributed by atoms with van der Waals surface area (Å²) in [5, 5.41) is 10.3. The van der Waals surface area contributed by atoms with E-state index in [1.54, 1.807) is 18.2 Å². The van der Waals surface area contributed by atoms with Crippen molar-refractivity contribution in [2.75, 3.05) is 0 Å². The normalized spacial score (nSPS) is 34.6. The van der Waals surface area contributed by atoms with Crippen LogP contribution in [-0.2, 0) is 10.2 Å². The Hall–Kier alpha value is -1.48. The van der Waals surface area contributed by atoms with Crippen LogP contribution in [0.1, 0.15) is 25.3 Å². The zero-order chi connectivity index (χ0) is 12.9. The maximum Gasteiger partial charge on any atom is 0.169 e. The van der Waals surface area contributed by atoms with Gasteiger partial charge >= 0.3 is 0 Å². The zero-order valence-electron chi connectivity index (χ0n) is 10.2. The summed E-state index contributed by atoms with van der Waals surface area (Å²) in [7, 11) is 0. The molecule has 3 rings (SSSR count). The molecule has 2 aliphatic carbocycles. The SMILES string of the molecule is CC1=CC(=O)[C@]2(c3cccc(F)c3)[C@H](O)CC[C@H]12. The molecule has 0 aromatic heterocycles. The third-order valence-electron chi connectivity index (χ3n) is 4.42. The van der Waals surface area contributed by atoms with E-state index in [0.717, 1.165) is 12.0 Å². The van der Waals surface area contributed by atoms with Crippen LogP contribution >= 0.6 is 0 Å². The Morgan fingerprint density at radius 3 is 2.89 bits per heavy atom. The number of ketones is 1. The van der Waals surface area contributed by atoms with E-state index in [9.17, 15) is 14.3 Å². The van der Waals surface area contributed by atoms with Crippen LogP contribution in [0.4, 0.5) is 4.39 Å². The van der Waals surface area contributed by atoms with Crippen LogP contribution in [0.25, 0.3) is 0 Å². The molecular formula is C15H15FO2. The van der Waals surface area contributed by atoms with Gasteiger partial charge in [-0.2, -0.15) is 0 Å². The van der Waals surface area contributed by atoms with Crippen molar-refractivity contribution in [3.63, 3.8) is 0 Å². The molecule has 0 saturated heterocycles. The summed E-state index contributed by atoms with van der Waals surface area (Å²) < 4.78 is 13.4. The molecule has 1 aromatic carbocycles. The van der Waals surface area contributed by atoms with Crippen molar-refractivity contribution < 1.29 is 14.3 Å². The van der Waals surface area contributed by atoms with E-state index in [2.05, 4.69) is 0 Å². The highest BCUT2D eigenvalue weighted by molar-refractivity contribution is 6.04. The fourth-order valence-corrected chi connectivity index (χ4v) is 3.64. The maximum atomic E-state index is 13.4. The summed E-state index contributed by atoms with van der Waals surface area (Å²) in [6, 6.07) is 6.08. The minimum Gasteiger partial charge on any atom is -0.392 e. The highest BCUT2D eigenvalue weighted by Crippen LogP contribution is 2.53. The molecule has 1 saturated carbocycles. The van der Waals surface area contributed by atoms with Crippen LogP contribution in [0.5, 0.6) is 0 Å². The fourth-order valence-electron chi connectivity index (χ4n) is 3.64. The molecule has 18 heavy (non-hydrogen) atoms. The third kappa shape index (κ3) is 1.28. The molecule has 0 amide bonds. The first kappa shape index (κ1) is 11.6. The largest absolute Gasteiger partial charge is 0.392 e. The van der Waals surface area contributed by atoms with Gasteiger partial charge in [0.15, 0.2) is 5.78 Å². The number of fused-ring (bicyclic) bond motifs is 1. The van der Waals surface area contributed by atoms with Gasteiger partial charge in [0.1, 0.15) is 5.82 Å². The lowest BCUT2D eigenvalue weighted by Crippen LogP contribution is -2.44. The van der Waals surface area contributed by atoms with Gasteiger partial charge in [-0.15, -0.1) is 0 Å². The smallest absolute Gasteiger partial charge is 0.169 e. The molecular weight excluding hydrogens is 231 g/mol. The summed E-state index contributed by atoms with van der Waals surface area (Å²) in [6.07, 6.45) is 2.27. The highest BCUT2D eigenvalue weighted by atomic mass is 19.1. The Bertz CT molecular complexity index is 549. The van der Waals surface area contributed by atoms with Crippen molar-refractivity contribution in [3.8, 4) is 0 Å². The van der Waals surface area contributed by atoms with E-state index in [4.69, 9.17) is 0 Å². The molecule has 0 bridgehead atoms. The van der Waals surface area contributed by atoms with Crippen molar-refractivity contribution in [1.82, 2.24) is 0 Å². The fraction of sp³-hybridized carbons (Fsp3) is 0.400. The van der Waals surface area contributed by atoms with E-state index in [1.807, 2.05) is 6.92 Å². The summed E-state index contributed by atoms with van der Waals surface area (Å²) in [5.74, 6) is -0.431. The Morgan fingerprint density at radius 1 is 1.39 bits per heavy atom. The number of carbonyl (C=O) groups excluding carboxylic acids is 1. The zero-order valence-corrected chi connectivity index (χ0v) is 10.2. The van der Waals surface area contributed by atoms with Gasteiger partial charge in [-0.1, -0.05) is 17.7 Å². The van der Waals surface area contributed by atoms with Gasteiger partial charge in [0, 0.05) is 0 Å². The molecule has 1 aromatic rings. The first-order valence-corrected chi connectivity index (χ1v) is 6.23. The van der Waals surface area contributed by atoms with Crippen LogP contribution in [0.3, 0.4) is 0 Å². The molecule has 3 atom stereocenters. The van der Waals surface area contributed by atoms with E-state index < -0.39 is 11.5 Å². The van der Waals surface area contributed by atoms with Gasteiger partial charge in [-0.05, 0) is 49.5 Å². The Labute approximate surface area is 105 Å². The first-order chi connectivity index (χ1) is 8.56. The number of hydrogen-bond donors (Lipinski definition) is 1. The van der Waals surface area contributed by atoms with E-state index >= 15 is 0 Å². The van der Waals surface area contributed by atoms with Crippen LogP contribution in [0, 0.1) is 11.7 Å². The molecule has 94 valence electrons. The molecule has 0 spiro atoms. The standard InChI is InChI=1S/C15H15FO2/c1-9-7-14(18)15(12(9)5-6-13(15)17)10-3-2-4-11(16)8-10/h2-4,7-8,12-13,17H,5-6H2,1H3/t12-,13-,15+/m1/s1. The number of carbonyl (C=O) groups is 1. The summed E-state index contributed by atoms with van der Waals surface area (Å²) in [4.78, 5) is 12.4. The average molecular weight is 246 g/mol. The van der Waals surface area contributed by atoms with Crippen LogP contribution < -0.4 is 0 Å². The van der Waals surface area contributed by atoms with Crippen molar-refractivity contribution in [2.24, 2.45) is 5.92 Å². The number of aliphatic hydroxyl groups is 1. The van der Waals surface area contributed by atoms with E-state index in [-0.39, 0.29) is 17.5 Å². The summed E-state index contributed by atoms with van der Waals surface area (Å²) >= 11 is 0. The average Bonchev–Trinajstić information content (AvgIpc) is 2.79. The Kier molecular flexibility index (Phi) is 2.42. The second-order valence-electron chi connectivity index (χ2n) is 5.28. The number of aliphatic hydroxyl groups excluding tert-OH is 1. The minimum absolute atomic E-state index is 0.0156. The number of benzene rings is 1. The lowest BCUT2D eigenvalue weighted by atomic mass is 9.70. The van der Waals surface area contributed by atoms with Gasteiger partial charge in [0.25, 0.3) is 0 Å². The van der Waals surface area contributed by atoms with E-state index in [1.165, 1.54) is 12.1 Å². The van der Waals surface area contributed by atoms with Crippen LogP contribution in [0.15, 0.2) is 35.9 Å². The molecule has 2 aliphatic rings. The monoisotopic (exact) mass is 246 g/mol. The summed E-state index contributed by atoms with van der Waals surface area (Å²) in [6.45, 7) is 1.92.